The summed E-state index contributed by atoms with van der Waals surface area (Å²) in [4.78, 5) is 28.7. The summed E-state index contributed by atoms with van der Waals surface area (Å²) in [6.45, 7) is 0. The van der Waals surface area contributed by atoms with E-state index in [2.05, 4.69) is 19.4 Å². The quantitative estimate of drug-likeness (QED) is 0.260. The largest absolute Gasteiger partial charge is 0.574 e. The van der Waals surface area contributed by atoms with Crippen LogP contribution in [0.1, 0.15) is 10.4 Å². The molecule has 0 fully saturated rings. The predicted molar refractivity (Wildman–Crippen MR) is 90.4 cm³/mol. The second kappa shape index (κ2) is 9.32. The summed E-state index contributed by atoms with van der Waals surface area (Å²) in [5, 5.41) is 10.2. The molecule has 2 rings (SSSR count). The number of nitrogens with zero attached hydrogens (tertiary/aromatic N) is 2. The maximum Gasteiger partial charge on any atom is 0.574 e. The first kappa shape index (κ1) is 25.4. The number of hydroxylamine groups is 1. The third-order valence-corrected chi connectivity index (χ3v) is 4.48. The Kier molecular flexibility index (Phi) is 7.17. The van der Waals surface area contributed by atoms with Crippen molar-refractivity contribution in [3.63, 3.8) is 0 Å². The molecule has 33 heavy (non-hydrogen) atoms. The summed E-state index contributed by atoms with van der Waals surface area (Å²) in [5.74, 6) is -5.60. The number of carbonyl (C=O) groups excluding carboxylic acids is 2. The number of nitrogens with one attached hydrogen (secondary N) is 3. The number of sulfonamides is 1. The van der Waals surface area contributed by atoms with Crippen LogP contribution in [0.2, 0.25) is 0 Å². The highest BCUT2D eigenvalue weighted by atomic mass is 32.2. The van der Waals surface area contributed by atoms with E-state index in [1.54, 1.807) is 0 Å². The molecule has 180 valence electrons. The Balaban J connectivity index is 2.31. The van der Waals surface area contributed by atoms with Gasteiger partial charge in [0.1, 0.15) is 4.90 Å². The first-order valence-corrected chi connectivity index (χ1v) is 9.36. The Morgan fingerprint density at radius 1 is 0.939 bits per heavy atom. The second-order valence-electron chi connectivity index (χ2n) is 5.46. The molecule has 0 aliphatic heterocycles. The summed E-state index contributed by atoms with van der Waals surface area (Å²) in [6.07, 6.45) is -10.8. The fraction of sp³-hybridized carbons (Fsp3) is 0.143. The third kappa shape index (κ3) is 7.64. The number of hydrogen-bond donors (Lipinski definition) is 4. The Labute approximate surface area is 178 Å². The third-order valence-electron chi connectivity index (χ3n) is 3.09. The molecule has 1 heterocycles. The molecule has 0 bridgehead atoms. The minimum absolute atomic E-state index is 0.00452. The zero-order valence-corrected chi connectivity index (χ0v) is 16.2. The van der Waals surface area contributed by atoms with Gasteiger partial charge in [-0.1, -0.05) is 12.1 Å². The summed E-state index contributed by atoms with van der Waals surface area (Å²) >= 11 is 0. The van der Waals surface area contributed by atoms with E-state index in [4.69, 9.17) is 5.21 Å². The van der Waals surface area contributed by atoms with E-state index in [9.17, 15) is 44.3 Å². The zero-order valence-electron chi connectivity index (χ0n) is 15.4. The maximum atomic E-state index is 12.4. The maximum absolute atomic E-state index is 12.4. The average Bonchev–Trinajstić information content (AvgIpc) is 2.63. The smallest absolute Gasteiger partial charge is 0.388 e. The van der Waals surface area contributed by atoms with Crippen molar-refractivity contribution in [2.75, 3.05) is 5.32 Å². The van der Waals surface area contributed by atoms with Crippen molar-refractivity contribution in [3.8, 4) is 11.8 Å². The lowest BCUT2D eigenvalue weighted by Crippen LogP contribution is -2.36. The van der Waals surface area contributed by atoms with E-state index < -0.39 is 62.9 Å². The highest BCUT2D eigenvalue weighted by Gasteiger charge is 2.35. The molecule has 19 heteroatoms. The molecule has 0 saturated heterocycles. The van der Waals surface area contributed by atoms with Gasteiger partial charge in [-0.2, -0.15) is 9.97 Å². The van der Waals surface area contributed by atoms with Crippen LogP contribution >= 0.6 is 0 Å². The predicted octanol–water partition coefficient (Wildman–Crippen LogP) is 1.90. The van der Waals surface area contributed by atoms with Crippen molar-refractivity contribution in [3.05, 3.63) is 35.9 Å². The van der Waals surface area contributed by atoms with Gasteiger partial charge in [0.15, 0.2) is 0 Å². The van der Waals surface area contributed by atoms with E-state index in [-0.39, 0.29) is 6.07 Å². The molecule has 0 aliphatic rings. The molecular weight excluding hydrogens is 496 g/mol. The van der Waals surface area contributed by atoms with E-state index in [1.165, 1.54) is 21.6 Å². The van der Waals surface area contributed by atoms with Gasteiger partial charge < -0.3 is 9.47 Å². The molecule has 12 nitrogen and oxygen atoms in total. The summed E-state index contributed by atoms with van der Waals surface area (Å²) in [7, 11) is -4.86. The highest BCUT2D eigenvalue weighted by Crippen LogP contribution is 2.28. The van der Waals surface area contributed by atoms with Gasteiger partial charge >= 0.3 is 18.8 Å². The highest BCUT2D eigenvalue weighted by molar-refractivity contribution is 7.90. The fourth-order valence-corrected chi connectivity index (χ4v) is 3.17. The van der Waals surface area contributed by atoms with Gasteiger partial charge in [0.05, 0.1) is 11.6 Å². The van der Waals surface area contributed by atoms with Crippen molar-refractivity contribution in [2.24, 2.45) is 0 Å². The SMILES string of the molecule is O=C(Nc1nc(OC(F)(F)F)cc(OC(F)(F)F)n1)NS(=O)(=O)c1ccccc1C(=O)NO. The fourth-order valence-electron chi connectivity index (χ4n) is 2.05. The van der Waals surface area contributed by atoms with Crippen LogP contribution < -0.4 is 25.0 Å². The molecule has 0 saturated carbocycles. The van der Waals surface area contributed by atoms with Crippen LogP contribution in [0.15, 0.2) is 35.2 Å². The van der Waals surface area contributed by atoms with Crippen molar-refractivity contribution in [1.29, 1.82) is 0 Å². The number of halogens is 6. The Hall–Kier alpha value is -3.87. The molecule has 2 aromatic rings. The number of carbonyl (C=O) groups is 2. The number of benzene rings is 1. The van der Waals surface area contributed by atoms with Crippen LogP contribution in [0.3, 0.4) is 0 Å². The lowest BCUT2D eigenvalue weighted by Gasteiger charge is -2.13. The Morgan fingerprint density at radius 2 is 1.45 bits per heavy atom. The van der Waals surface area contributed by atoms with Crippen LogP contribution in [0.5, 0.6) is 11.8 Å². The number of rotatable bonds is 6. The van der Waals surface area contributed by atoms with Crippen LogP contribution in [-0.4, -0.2) is 48.3 Å². The summed E-state index contributed by atoms with van der Waals surface area (Å²) in [6, 6.07) is 2.42. The first-order chi connectivity index (χ1) is 15.1. The van der Waals surface area contributed by atoms with Crippen molar-refractivity contribution >= 4 is 27.9 Å². The van der Waals surface area contributed by atoms with Gasteiger partial charge in [0, 0.05) is 0 Å². The molecule has 0 aliphatic carbocycles. The number of amides is 3. The molecule has 0 radical (unpaired) electrons. The first-order valence-electron chi connectivity index (χ1n) is 7.87. The minimum Gasteiger partial charge on any atom is -0.388 e. The number of anilines is 1. The number of urea groups is 1. The minimum atomic E-state index is -5.40. The summed E-state index contributed by atoms with van der Waals surface area (Å²) in [5.41, 5.74) is 0.560. The lowest BCUT2D eigenvalue weighted by atomic mass is 10.2. The molecular formula is C14H9F6N5O7S. The monoisotopic (exact) mass is 505 g/mol. The van der Waals surface area contributed by atoms with E-state index in [0.29, 0.717) is 0 Å². The van der Waals surface area contributed by atoms with Gasteiger partial charge in [0.2, 0.25) is 17.7 Å². The van der Waals surface area contributed by atoms with Crippen LogP contribution in [0.25, 0.3) is 0 Å². The number of aromatic nitrogens is 2. The standard InChI is InChI=1S/C14H9F6N5O7S/c15-13(16,17)31-8-5-9(32-14(18,19)20)22-11(21-8)23-12(27)25-33(29,30)7-4-2-1-3-6(7)10(26)24-28/h1-5,28H,(H,24,26)(H2,21,22,23,25,27). The number of hydrogen-bond acceptors (Lipinski definition) is 9. The van der Waals surface area contributed by atoms with E-state index >= 15 is 0 Å². The molecule has 1 aromatic heterocycles. The average molecular weight is 505 g/mol. The van der Waals surface area contributed by atoms with Gasteiger partial charge in [0.25, 0.3) is 15.9 Å². The van der Waals surface area contributed by atoms with Gasteiger partial charge in [-0.05, 0) is 12.1 Å². The van der Waals surface area contributed by atoms with Crippen LogP contribution in [-0.2, 0) is 10.0 Å². The molecule has 4 N–H and O–H groups in total. The zero-order chi connectivity index (χ0) is 25.0. The molecule has 0 unspecified atom stereocenters. The van der Waals surface area contributed by atoms with Gasteiger partial charge in [-0.15, -0.1) is 26.3 Å². The lowest BCUT2D eigenvalue weighted by molar-refractivity contribution is -0.278. The van der Waals surface area contributed by atoms with Crippen molar-refractivity contribution in [2.45, 2.75) is 17.6 Å². The van der Waals surface area contributed by atoms with E-state index in [1.807, 2.05) is 0 Å². The van der Waals surface area contributed by atoms with Gasteiger partial charge in [-0.25, -0.2) is 23.4 Å². The topological polar surface area (TPSA) is 169 Å². The number of alkyl halides is 6. The molecule has 0 atom stereocenters. The normalized spacial score (nSPS) is 12.0. The van der Waals surface area contributed by atoms with E-state index in [0.717, 1.165) is 18.2 Å². The van der Waals surface area contributed by atoms with Crippen LogP contribution in [0.4, 0.5) is 37.1 Å². The van der Waals surface area contributed by atoms with Gasteiger partial charge in [-0.3, -0.25) is 15.3 Å². The molecule has 3 amide bonds. The Bertz CT molecular complexity index is 1120. The summed E-state index contributed by atoms with van der Waals surface area (Å²) < 4.78 is 107. The molecule has 0 spiro atoms. The second-order valence-corrected chi connectivity index (χ2v) is 7.11. The van der Waals surface area contributed by atoms with Crippen molar-refractivity contribution in [1.82, 2.24) is 20.2 Å². The Morgan fingerprint density at radius 3 is 1.94 bits per heavy atom. The van der Waals surface area contributed by atoms with Crippen molar-refractivity contribution < 1.29 is 59.0 Å². The molecule has 1 aromatic carbocycles. The van der Waals surface area contributed by atoms with Crippen LogP contribution in [0, 0.1) is 0 Å². The number of ether oxygens (including phenoxy) is 2.